The Hall–Kier alpha value is -2.95. The van der Waals surface area contributed by atoms with Gasteiger partial charge in [0, 0.05) is 5.69 Å². The Bertz CT molecular complexity index is 723. The van der Waals surface area contributed by atoms with Crippen LogP contribution in [0.5, 0.6) is 0 Å². The van der Waals surface area contributed by atoms with Crippen molar-refractivity contribution < 1.29 is 9.59 Å². The maximum absolute atomic E-state index is 11.8. The van der Waals surface area contributed by atoms with Crippen LogP contribution in [0.2, 0.25) is 0 Å². The van der Waals surface area contributed by atoms with E-state index in [4.69, 9.17) is 0 Å². The molecule has 112 valence electrons. The van der Waals surface area contributed by atoms with E-state index in [1.165, 1.54) is 6.21 Å². The third-order valence-corrected chi connectivity index (χ3v) is 3.16. The lowest BCUT2D eigenvalue weighted by atomic mass is 10.1. The van der Waals surface area contributed by atoms with E-state index < -0.39 is 11.8 Å². The molecule has 2 aromatic carbocycles. The Kier molecular flexibility index (Phi) is 5.03. The van der Waals surface area contributed by atoms with E-state index in [-0.39, 0.29) is 0 Å². The summed E-state index contributed by atoms with van der Waals surface area (Å²) in [6, 6.07) is 14.8. The van der Waals surface area contributed by atoms with Crippen LogP contribution in [-0.2, 0) is 9.59 Å². The number of hydrazone groups is 1. The molecule has 5 nitrogen and oxygen atoms in total. The van der Waals surface area contributed by atoms with E-state index in [9.17, 15) is 9.59 Å². The molecular weight excluding hydrogens is 278 g/mol. The summed E-state index contributed by atoms with van der Waals surface area (Å²) < 4.78 is 0. The van der Waals surface area contributed by atoms with Gasteiger partial charge in [-0.25, -0.2) is 5.43 Å². The molecule has 0 unspecified atom stereocenters. The number of para-hydroxylation sites is 1. The van der Waals surface area contributed by atoms with Crippen LogP contribution >= 0.6 is 0 Å². The van der Waals surface area contributed by atoms with Crippen molar-refractivity contribution >= 4 is 23.7 Å². The highest BCUT2D eigenvalue weighted by Gasteiger charge is 2.13. The maximum atomic E-state index is 11.8. The largest absolute Gasteiger partial charge is 0.329 e. The van der Waals surface area contributed by atoms with Gasteiger partial charge < -0.3 is 5.32 Å². The molecule has 2 aromatic rings. The fourth-order valence-corrected chi connectivity index (χ4v) is 1.84. The first-order chi connectivity index (χ1) is 10.6. The molecule has 2 rings (SSSR count). The third kappa shape index (κ3) is 4.02. The van der Waals surface area contributed by atoms with Gasteiger partial charge in [-0.05, 0) is 36.6 Å². The first kappa shape index (κ1) is 15.4. The number of nitrogens with one attached hydrogen (secondary N) is 2. The van der Waals surface area contributed by atoms with Crippen molar-refractivity contribution in [3.8, 4) is 0 Å². The summed E-state index contributed by atoms with van der Waals surface area (Å²) in [5.74, 6) is -1.57. The van der Waals surface area contributed by atoms with Gasteiger partial charge in [0.2, 0.25) is 0 Å². The number of anilines is 1. The van der Waals surface area contributed by atoms with E-state index in [1.807, 2.05) is 50.2 Å². The van der Waals surface area contributed by atoms with E-state index in [2.05, 4.69) is 15.8 Å². The summed E-state index contributed by atoms with van der Waals surface area (Å²) in [7, 11) is 0. The van der Waals surface area contributed by atoms with Gasteiger partial charge in [-0.2, -0.15) is 5.10 Å². The minimum absolute atomic E-state index is 0.602. The Morgan fingerprint density at radius 1 is 0.909 bits per heavy atom. The summed E-state index contributed by atoms with van der Waals surface area (Å²) in [4.78, 5) is 23.5. The molecule has 22 heavy (non-hydrogen) atoms. The lowest BCUT2D eigenvalue weighted by Gasteiger charge is -2.06. The highest BCUT2D eigenvalue weighted by molar-refractivity contribution is 6.39. The van der Waals surface area contributed by atoms with Crippen molar-refractivity contribution in [3.05, 3.63) is 65.2 Å². The maximum Gasteiger partial charge on any atom is 0.329 e. The number of hydrogen-bond donors (Lipinski definition) is 2. The molecule has 0 spiro atoms. The van der Waals surface area contributed by atoms with Gasteiger partial charge in [0.15, 0.2) is 0 Å². The zero-order valence-electron chi connectivity index (χ0n) is 12.5. The van der Waals surface area contributed by atoms with Crippen molar-refractivity contribution in [2.45, 2.75) is 13.8 Å². The molecular formula is C17H17N3O2. The van der Waals surface area contributed by atoms with E-state index in [0.717, 1.165) is 16.7 Å². The molecule has 2 N–H and O–H groups in total. The molecule has 0 aliphatic carbocycles. The lowest BCUT2D eigenvalue weighted by molar-refractivity contribution is -0.136. The molecule has 0 fully saturated rings. The van der Waals surface area contributed by atoms with Crippen LogP contribution in [-0.4, -0.2) is 18.0 Å². The SMILES string of the molecule is Cc1ccccc1/C=N\NC(=O)C(=O)Nc1ccccc1C. The van der Waals surface area contributed by atoms with Gasteiger partial charge in [-0.3, -0.25) is 9.59 Å². The second-order valence-electron chi connectivity index (χ2n) is 4.82. The smallest absolute Gasteiger partial charge is 0.317 e. The molecule has 2 amide bonds. The second-order valence-corrected chi connectivity index (χ2v) is 4.82. The summed E-state index contributed by atoms with van der Waals surface area (Å²) in [5, 5.41) is 6.35. The van der Waals surface area contributed by atoms with E-state index in [0.29, 0.717) is 5.69 Å². The number of hydrogen-bond acceptors (Lipinski definition) is 3. The standard InChI is InChI=1S/C17H17N3O2/c1-12-7-3-5-9-14(12)11-18-20-17(22)16(21)19-15-10-6-4-8-13(15)2/h3-11H,1-2H3,(H,19,21)(H,20,22)/b18-11-. The van der Waals surface area contributed by atoms with Crippen molar-refractivity contribution in [1.29, 1.82) is 0 Å². The van der Waals surface area contributed by atoms with Crippen molar-refractivity contribution in [1.82, 2.24) is 5.43 Å². The summed E-state index contributed by atoms with van der Waals surface area (Å²) in [6.07, 6.45) is 1.51. The molecule has 0 atom stereocenters. The summed E-state index contributed by atoms with van der Waals surface area (Å²) in [6.45, 7) is 3.79. The average molecular weight is 295 g/mol. The van der Waals surface area contributed by atoms with Crippen LogP contribution in [0.1, 0.15) is 16.7 Å². The van der Waals surface area contributed by atoms with E-state index in [1.54, 1.807) is 12.1 Å². The van der Waals surface area contributed by atoms with Crippen LogP contribution in [0.25, 0.3) is 0 Å². The van der Waals surface area contributed by atoms with Gasteiger partial charge in [0.05, 0.1) is 6.21 Å². The Morgan fingerprint density at radius 2 is 1.55 bits per heavy atom. The fraction of sp³-hybridized carbons (Fsp3) is 0.118. The van der Waals surface area contributed by atoms with Crippen LogP contribution in [0.15, 0.2) is 53.6 Å². The van der Waals surface area contributed by atoms with Crippen LogP contribution in [0.3, 0.4) is 0 Å². The second kappa shape index (κ2) is 7.17. The Balaban J connectivity index is 1.94. The minimum Gasteiger partial charge on any atom is -0.317 e. The van der Waals surface area contributed by atoms with Crippen LogP contribution in [0, 0.1) is 13.8 Å². The van der Waals surface area contributed by atoms with Gasteiger partial charge in [0.25, 0.3) is 0 Å². The average Bonchev–Trinajstić information content (AvgIpc) is 2.51. The van der Waals surface area contributed by atoms with Gasteiger partial charge in [-0.15, -0.1) is 0 Å². The van der Waals surface area contributed by atoms with Gasteiger partial charge >= 0.3 is 11.8 Å². The van der Waals surface area contributed by atoms with Crippen LogP contribution < -0.4 is 10.7 Å². The number of rotatable bonds is 3. The molecule has 0 heterocycles. The Labute approximate surface area is 129 Å². The molecule has 0 aliphatic rings. The van der Waals surface area contributed by atoms with Crippen molar-refractivity contribution in [2.24, 2.45) is 5.10 Å². The number of carbonyl (C=O) groups is 2. The molecule has 0 saturated heterocycles. The number of amides is 2. The first-order valence-electron chi connectivity index (χ1n) is 6.83. The third-order valence-electron chi connectivity index (χ3n) is 3.16. The van der Waals surface area contributed by atoms with Crippen molar-refractivity contribution in [2.75, 3.05) is 5.32 Å². The lowest BCUT2D eigenvalue weighted by Crippen LogP contribution is -2.32. The topological polar surface area (TPSA) is 70.6 Å². The highest BCUT2D eigenvalue weighted by Crippen LogP contribution is 2.12. The fourth-order valence-electron chi connectivity index (χ4n) is 1.84. The zero-order chi connectivity index (χ0) is 15.9. The number of aryl methyl sites for hydroxylation is 2. The summed E-state index contributed by atoms with van der Waals surface area (Å²) >= 11 is 0. The first-order valence-corrected chi connectivity index (χ1v) is 6.83. The molecule has 0 radical (unpaired) electrons. The normalized spacial score (nSPS) is 10.5. The quantitative estimate of drug-likeness (QED) is 0.518. The van der Waals surface area contributed by atoms with E-state index >= 15 is 0 Å². The summed E-state index contributed by atoms with van der Waals surface area (Å²) in [5.41, 5.74) is 5.61. The molecule has 0 bridgehead atoms. The zero-order valence-corrected chi connectivity index (χ0v) is 12.5. The van der Waals surface area contributed by atoms with Crippen LogP contribution in [0.4, 0.5) is 5.69 Å². The predicted octanol–water partition coefficient (Wildman–Crippen LogP) is 2.39. The number of nitrogens with zero attached hydrogens (tertiary/aromatic N) is 1. The number of benzene rings is 2. The minimum atomic E-state index is -0.812. The number of carbonyl (C=O) groups excluding carboxylic acids is 2. The van der Waals surface area contributed by atoms with Crippen molar-refractivity contribution in [3.63, 3.8) is 0 Å². The monoisotopic (exact) mass is 295 g/mol. The van der Waals surface area contributed by atoms with Gasteiger partial charge in [0.1, 0.15) is 0 Å². The highest BCUT2D eigenvalue weighted by atomic mass is 16.2. The Morgan fingerprint density at radius 3 is 2.23 bits per heavy atom. The predicted molar refractivity (Wildman–Crippen MR) is 86.7 cm³/mol. The van der Waals surface area contributed by atoms with Gasteiger partial charge in [-0.1, -0.05) is 42.5 Å². The molecule has 0 aliphatic heterocycles. The molecule has 0 saturated carbocycles. The molecule has 5 heteroatoms. The molecule has 0 aromatic heterocycles.